The summed E-state index contributed by atoms with van der Waals surface area (Å²) in [6, 6.07) is 13.5. The molecule has 0 aliphatic carbocycles. The van der Waals surface area contributed by atoms with Gasteiger partial charge in [-0.05, 0) is 41.8 Å². The van der Waals surface area contributed by atoms with Crippen molar-refractivity contribution in [3.05, 3.63) is 81.8 Å². The summed E-state index contributed by atoms with van der Waals surface area (Å²) in [6.45, 7) is 2.55. The molecule has 0 saturated carbocycles. The maximum atomic E-state index is 13.4. The molecule has 0 fully saturated rings. The number of ether oxygens (including phenoxy) is 1. The number of nitrogens with zero attached hydrogens (tertiary/aromatic N) is 1. The van der Waals surface area contributed by atoms with Gasteiger partial charge in [0, 0.05) is 24.1 Å². The molecule has 0 spiro atoms. The van der Waals surface area contributed by atoms with Gasteiger partial charge in [-0.3, -0.25) is 9.59 Å². The van der Waals surface area contributed by atoms with E-state index in [0.717, 1.165) is 17.5 Å². The fourth-order valence-electron chi connectivity index (χ4n) is 3.85. The molecule has 1 N–H and O–H groups in total. The van der Waals surface area contributed by atoms with E-state index in [1.807, 2.05) is 31.2 Å². The maximum absolute atomic E-state index is 13.4. The first-order chi connectivity index (χ1) is 14.9. The number of aryl methyl sites for hydroxylation is 1. The van der Waals surface area contributed by atoms with Crippen molar-refractivity contribution in [1.29, 1.82) is 0 Å². The Bertz CT molecular complexity index is 1180. The molecule has 3 aromatic rings. The highest BCUT2D eigenvalue weighted by Gasteiger charge is 2.44. The zero-order chi connectivity index (χ0) is 22.1. The number of ketones is 1. The first kappa shape index (κ1) is 21.2. The quantitative estimate of drug-likeness (QED) is 0.531. The molecule has 31 heavy (non-hydrogen) atoms. The predicted molar refractivity (Wildman–Crippen MR) is 117 cm³/mol. The van der Waals surface area contributed by atoms with Gasteiger partial charge in [-0.25, -0.2) is 0 Å². The lowest BCUT2D eigenvalue weighted by molar-refractivity contribution is -0.130. The zero-order valence-electron chi connectivity index (χ0n) is 17.2. The number of fused-ring (bicyclic) bond motifs is 1. The standard InChI is InChI=1S/C24H22ClNO5/c1-3-14-4-6-15(7-5-14)21-20(23(28)24(29)26(21)10-11-30-2)22(27)19-13-16-12-17(25)8-9-18(16)31-19/h4-9,12-13,21,28H,3,10-11H2,1-2H3. The van der Waals surface area contributed by atoms with E-state index in [9.17, 15) is 14.7 Å². The molecular formula is C24H22ClNO5. The average molecular weight is 440 g/mol. The molecule has 1 aromatic heterocycles. The molecule has 160 valence electrons. The topological polar surface area (TPSA) is 80.0 Å². The monoisotopic (exact) mass is 439 g/mol. The molecule has 0 radical (unpaired) electrons. The van der Waals surface area contributed by atoms with Gasteiger partial charge in [-0.15, -0.1) is 0 Å². The molecule has 0 bridgehead atoms. The van der Waals surface area contributed by atoms with Crippen LogP contribution in [0, 0.1) is 0 Å². The number of rotatable bonds is 7. The maximum Gasteiger partial charge on any atom is 0.290 e. The Balaban J connectivity index is 1.78. The third-order valence-electron chi connectivity index (χ3n) is 5.49. The molecule has 7 heteroatoms. The first-order valence-electron chi connectivity index (χ1n) is 10.00. The molecule has 2 heterocycles. The number of aliphatic hydroxyl groups excluding tert-OH is 1. The van der Waals surface area contributed by atoms with E-state index in [1.165, 1.54) is 12.0 Å². The summed E-state index contributed by atoms with van der Waals surface area (Å²) in [5.41, 5.74) is 2.35. The van der Waals surface area contributed by atoms with Crippen LogP contribution in [0.1, 0.15) is 34.6 Å². The van der Waals surface area contributed by atoms with E-state index < -0.39 is 23.5 Å². The van der Waals surface area contributed by atoms with E-state index in [2.05, 4.69) is 0 Å². The normalized spacial score (nSPS) is 16.5. The van der Waals surface area contributed by atoms with Crippen LogP contribution >= 0.6 is 11.6 Å². The van der Waals surface area contributed by atoms with Crippen molar-refractivity contribution in [3.8, 4) is 0 Å². The second-order valence-electron chi connectivity index (χ2n) is 7.37. The van der Waals surface area contributed by atoms with Crippen LogP contribution in [-0.4, -0.2) is 42.0 Å². The van der Waals surface area contributed by atoms with Crippen molar-refractivity contribution in [1.82, 2.24) is 4.90 Å². The van der Waals surface area contributed by atoms with Crippen molar-refractivity contribution >= 4 is 34.3 Å². The minimum Gasteiger partial charge on any atom is -0.503 e. The lowest BCUT2D eigenvalue weighted by Gasteiger charge is -2.26. The van der Waals surface area contributed by atoms with Gasteiger partial charge in [0.05, 0.1) is 18.2 Å². The molecular weight excluding hydrogens is 418 g/mol. The Morgan fingerprint density at radius 2 is 1.94 bits per heavy atom. The number of hydrogen-bond acceptors (Lipinski definition) is 5. The van der Waals surface area contributed by atoms with Crippen molar-refractivity contribution in [3.63, 3.8) is 0 Å². The highest BCUT2D eigenvalue weighted by molar-refractivity contribution is 6.31. The van der Waals surface area contributed by atoms with Gasteiger partial charge >= 0.3 is 0 Å². The molecule has 1 atom stereocenters. The molecule has 1 aliphatic rings. The minimum atomic E-state index is -0.738. The summed E-state index contributed by atoms with van der Waals surface area (Å²) in [5, 5.41) is 11.9. The number of amides is 1. The fraction of sp³-hybridized carbons (Fsp3) is 0.250. The Morgan fingerprint density at radius 1 is 1.19 bits per heavy atom. The van der Waals surface area contributed by atoms with Gasteiger partial charge < -0.3 is 19.2 Å². The van der Waals surface area contributed by atoms with Crippen LogP contribution in [0.5, 0.6) is 0 Å². The van der Waals surface area contributed by atoms with Crippen LogP contribution < -0.4 is 0 Å². The number of carbonyl (C=O) groups excluding carboxylic acids is 2. The van der Waals surface area contributed by atoms with Crippen molar-refractivity contribution in [2.45, 2.75) is 19.4 Å². The number of methoxy groups -OCH3 is 1. The zero-order valence-corrected chi connectivity index (χ0v) is 18.0. The molecule has 1 aliphatic heterocycles. The number of aliphatic hydroxyl groups is 1. The van der Waals surface area contributed by atoms with E-state index >= 15 is 0 Å². The molecule has 1 unspecified atom stereocenters. The highest BCUT2D eigenvalue weighted by atomic mass is 35.5. The van der Waals surface area contributed by atoms with Crippen LogP contribution in [0.15, 0.2) is 64.3 Å². The van der Waals surface area contributed by atoms with Crippen LogP contribution in [0.2, 0.25) is 5.02 Å². The molecule has 2 aromatic carbocycles. The molecule has 4 rings (SSSR count). The summed E-state index contributed by atoms with van der Waals surface area (Å²) in [6.07, 6.45) is 0.867. The van der Waals surface area contributed by atoms with Gasteiger partial charge in [0.15, 0.2) is 11.5 Å². The van der Waals surface area contributed by atoms with Gasteiger partial charge in [-0.2, -0.15) is 0 Å². The van der Waals surface area contributed by atoms with Crippen LogP contribution in [0.4, 0.5) is 0 Å². The molecule has 6 nitrogen and oxygen atoms in total. The van der Waals surface area contributed by atoms with Gasteiger partial charge in [0.25, 0.3) is 5.91 Å². The first-order valence-corrected chi connectivity index (χ1v) is 10.4. The molecule has 1 amide bonds. The average Bonchev–Trinajstić information content (AvgIpc) is 3.30. The summed E-state index contributed by atoms with van der Waals surface area (Å²) in [4.78, 5) is 27.7. The van der Waals surface area contributed by atoms with Gasteiger partial charge in [0.1, 0.15) is 5.58 Å². The summed E-state index contributed by atoms with van der Waals surface area (Å²) >= 11 is 6.03. The Morgan fingerprint density at radius 3 is 2.61 bits per heavy atom. The lowest BCUT2D eigenvalue weighted by atomic mass is 9.94. The second-order valence-corrected chi connectivity index (χ2v) is 7.81. The van der Waals surface area contributed by atoms with Crippen LogP contribution in [-0.2, 0) is 16.0 Å². The highest BCUT2D eigenvalue weighted by Crippen LogP contribution is 2.39. The smallest absolute Gasteiger partial charge is 0.290 e. The number of carbonyl (C=O) groups is 2. The largest absolute Gasteiger partial charge is 0.503 e. The number of Topliss-reactive ketones (excluding diaryl/α,β-unsaturated/α-hetero) is 1. The third kappa shape index (κ3) is 3.84. The van der Waals surface area contributed by atoms with Crippen molar-refractivity contribution in [2.24, 2.45) is 0 Å². The summed E-state index contributed by atoms with van der Waals surface area (Å²) < 4.78 is 10.8. The Labute approximate surface area is 184 Å². The van der Waals surface area contributed by atoms with E-state index in [0.29, 0.717) is 16.0 Å². The number of halogens is 1. The van der Waals surface area contributed by atoms with Gasteiger partial charge in [0.2, 0.25) is 5.78 Å². The predicted octanol–water partition coefficient (Wildman–Crippen LogP) is 4.87. The number of furan rings is 1. The Kier molecular flexibility index (Phi) is 5.85. The van der Waals surface area contributed by atoms with E-state index in [4.69, 9.17) is 20.8 Å². The summed E-state index contributed by atoms with van der Waals surface area (Å²) in [7, 11) is 1.53. The van der Waals surface area contributed by atoms with Crippen molar-refractivity contribution in [2.75, 3.05) is 20.3 Å². The summed E-state index contributed by atoms with van der Waals surface area (Å²) in [5.74, 6) is -1.67. The number of hydrogen-bond donors (Lipinski definition) is 1. The minimum absolute atomic E-state index is 0.00416. The molecule has 0 saturated heterocycles. The lowest BCUT2D eigenvalue weighted by Crippen LogP contribution is -2.34. The van der Waals surface area contributed by atoms with E-state index in [-0.39, 0.29) is 24.5 Å². The Hall–Kier alpha value is -3.09. The number of benzene rings is 2. The van der Waals surface area contributed by atoms with Gasteiger partial charge in [-0.1, -0.05) is 42.8 Å². The van der Waals surface area contributed by atoms with Crippen LogP contribution in [0.25, 0.3) is 11.0 Å². The fourth-order valence-corrected chi connectivity index (χ4v) is 4.03. The van der Waals surface area contributed by atoms with E-state index in [1.54, 1.807) is 24.3 Å². The van der Waals surface area contributed by atoms with Crippen molar-refractivity contribution < 1.29 is 23.8 Å². The van der Waals surface area contributed by atoms with Crippen LogP contribution in [0.3, 0.4) is 0 Å². The SMILES string of the molecule is CCc1ccc(C2C(C(=O)c3cc4cc(Cl)ccc4o3)=C(O)C(=O)N2CCOC)cc1. The third-order valence-corrected chi connectivity index (χ3v) is 5.73. The second kappa shape index (κ2) is 8.57.